The Morgan fingerprint density at radius 3 is 2.72 bits per heavy atom. The number of hydrogen-bond acceptors (Lipinski definition) is 3. The molecule has 2 aliphatic rings. The number of rotatable bonds is 3. The van der Waals surface area contributed by atoms with Gasteiger partial charge in [0.15, 0.2) is 0 Å². The fourth-order valence-electron chi connectivity index (χ4n) is 2.90. The van der Waals surface area contributed by atoms with E-state index in [1.54, 1.807) is 0 Å². The minimum atomic E-state index is 0.475. The third kappa shape index (κ3) is 2.61. The van der Waals surface area contributed by atoms with Crippen LogP contribution >= 0.6 is 0 Å². The van der Waals surface area contributed by atoms with E-state index in [1.807, 2.05) is 0 Å². The molecule has 1 aromatic rings. The van der Waals surface area contributed by atoms with Crippen LogP contribution in [0, 0.1) is 0 Å². The summed E-state index contributed by atoms with van der Waals surface area (Å²) in [5.41, 5.74) is 2.63. The largest absolute Gasteiger partial charge is 0.379 e. The molecule has 0 bridgehead atoms. The lowest BCUT2D eigenvalue weighted by Crippen LogP contribution is -2.31. The lowest BCUT2D eigenvalue weighted by atomic mass is 10.1. The third-order valence-corrected chi connectivity index (χ3v) is 3.87. The summed E-state index contributed by atoms with van der Waals surface area (Å²) in [7, 11) is 0. The Bertz CT molecular complexity index is 382. The molecule has 0 aromatic heterocycles. The molecule has 2 heterocycles. The number of benzene rings is 1. The molecular weight excluding hydrogens is 224 g/mol. The van der Waals surface area contributed by atoms with Gasteiger partial charge < -0.3 is 15.0 Å². The SMILES string of the molecule is c1ccc(N2CCCC2)c(NC2CCCOC2)c1. The molecule has 0 spiro atoms. The van der Waals surface area contributed by atoms with Crippen molar-refractivity contribution in [1.29, 1.82) is 0 Å². The molecule has 2 aliphatic heterocycles. The molecule has 2 fully saturated rings. The summed E-state index contributed by atoms with van der Waals surface area (Å²) >= 11 is 0. The highest BCUT2D eigenvalue weighted by Crippen LogP contribution is 2.29. The summed E-state index contributed by atoms with van der Waals surface area (Å²) in [5, 5.41) is 3.66. The van der Waals surface area contributed by atoms with Crippen LogP contribution in [0.2, 0.25) is 0 Å². The minimum absolute atomic E-state index is 0.475. The van der Waals surface area contributed by atoms with Crippen molar-refractivity contribution < 1.29 is 4.74 Å². The van der Waals surface area contributed by atoms with Gasteiger partial charge in [0.05, 0.1) is 18.0 Å². The van der Waals surface area contributed by atoms with Crippen LogP contribution in [0.15, 0.2) is 24.3 Å². The summed E-state index contributed by atoms with van der Waals surface area (Å²) in [6.45, 7) is 4.15. The van der Waals surface area contributed by atoms with E-state index in [2.05, 4.69) is 34.5 Å². The van der Waals surface area contributed by atoms with Crippen molar-refractivity contribution >= 4 is 11.4 Å². The van der Waals surface area contributed by atoms with E-state index in [0.717, 1.165) is 13.2 Å². The fourth-order valence-corrected chi connectivity index (χ4v) is 2.90. The number of para-hydroxylation sites is 2. The highest BCUT2D eigenvalue weighted by atomic mass is 16.5. The molecule has 1 unspecified atom stereocenters. The average Bonchev–Trinajstić information content (AvgIpc) is 2.94. The molecule has 3 rings (SSSR count). The molecule has 18 heavy (non-hydrogen) atoms. The van der Waals surface area contributed by atoms with Crippen LogP contribution in [0.25, 0.3) is 0 Å². The van der Waals surface area contributed by atoms with E-state index in [1.165, 1.54) is 50.1 Å². The van der Waals surface area contributed by atoms with Crippen LogP contribution in [-0.4, -0.2) is 32.3 Å². The van der Waals surface area contributed by atoms with Crippen LogP contribution in [0.1, 0.15) is 25.7 Å². The van der Waals surface area contributed by atoms with Gasteiger partial charge in [-0.05, 0) is 37.8 Å². The van der Waals surface area contributed by atoms with E-state index in [4.69, 9.17) is 4.74 Å². The smallest absolute Gasteiger partial charge is 0.0667 e. The first-order valence-electron chi connectivity index (χ1n) is 7.12. The average molecular weight is 246 g/mol. The zero-order valence-electron chi connectivity index (χ0n) is 10.9. The molecule has 2 saturated heterocycles. The third-order valence-electron chi connectivity index (χ3n) is 3.87. The number of anilines is 2. The van der Waals surface area contributed by atoms with Gasteiger partial charge >= 0.3 is 0 Å². The van der Waals surface area contributed by atoms with Gasteiger partial charge in [-0.2, -0.15) is 0 Å². The van der Waals surface area contributed by atoms with Gasteiger partial charge in [-0.15, -0.1) is 0 Å². The Hall–Kier alpha value is -1.22. The zero-order valence-corrected chi connectivity index (χ0v) is 10.9. The summed E-state index contributed by atoms with van der Waals surface area (Å²) in [4.78, 5) is 2.49. The normalized spacial score (nSPS) is 24.2. The Balaban J connectivity index is 1.73. The second kappa shape index (κ2) is 5.61. The minimum Gasteiger partial charge on any atom is -0.379 e. The maximum absolute atomic E-state index is 5.54. The van der Waals surface area contributed by atoms with Crippen molar-refractivity contribution in [2.75, 3.05) is 36.5 Å². The van der Waals surface area contributed by atoms with Crippen LogP contribution in [0.4, 0.5) is 11.4 Å². The topological polar surface area (TPSA) is 24.5 Å². The molecule has 1 N–H and O–H groups in total. The van der Waals surface area contributed by atoms with Gasteiger partial charge in [0.25, 0.3) is 0 Å². The quantitative estimate of drug-likeness (QED) is 0.887. The molecule has 0 radical (unpaired) electrons. The van der Waals surface area contributed by atoms with E-state index >= 15 is 0 Å². The number of nitrogens with one attached hydrogen (secondary N) is 1. The zero-order chi connectivity index (χ0) is 12.2. The Kier molecular flexibility index (Phi) is 3.69. The first kappa shape index (κ1) is 11.8. The second-order valence-electron chi connectivity index (χ2n) is 5.27. The predicted molar refractivity (Wildman–Crippen MR) is 75.4 cm³/mol. The number of hydrogen-bond donors (Lipinski definition) is 1. The van der Waals surface area contributed by atoms with Gasteiger partial charge in [0.2, 0.25) is 0 Å². The van der Waals surface area contributed by atoms with Gasteiger partial charge in [0, 0.05) is 25.7 Å². The lowest BCUT2D eigenvalue weighted by Gasteiger charge is -2.28. The van der Waals surface area contributed by atoms with Crippen molar-refractivity contribution in [2.45, 2.75) is 31.7 Å². The predicted octanol–water partition coefficient (Wildman–Crippen LogP) is 2.88. The van der Waals surface area contributed by atoms with Crippen molar-refractivity contribution in [1.82, 2.24) is 0 Å². The van der Waals surface area contributed by atoms with Gasteiger partial charge in [0.1, 0.15) is 0 Å². The van der Waals surface area contributed by atoms with Gasteiger partial charge in [-0.25, -0.2) is 0 Å². The lowest BCUT2D eigenvalue weighted by molar-refractivity contribution is 0.0876. The summed E-state index contributed by atoms with van der Waals surface area (Å²) in [6.07, 6.45) is 5.03. The number of nitrogens with zero attached hydrogens (tertiary/aromatic N) is 1. The molecule has 1 aromatic carbocycles. The Labute approximate surface area is 109 Å². The molecule has 0 saturated carbocycles. The Morgan fingerprint density at radius 1 is 1.11 bits per heavy atom. The molecular formula is C15H22N2O. The van der Waals surface area contributed by atoms with Crippen LogP contribution in [0.5, 0.6) is 0 Å². The van der Waals surface area contributed by atoms with Crippen molar-refractivity contribution in [2.24, 2.45) is 0 Å². The van der Waals surface area contributed by atoms with E-state index in [9.17, 15) is 0 Å². The fraction of sp³-hybridized carbons (Fsp3) is 0.600. The highest BCUT2D eigenvalue weighted by molar-refractivity contribution is 5.70. The van der Waals surface area contributed by atoms with E-state index < -0.39 is 0 Å². The molecule has 98 valence electrons. The molecule has 0 amide bonds. The monoisotopic (exact) mass is 246 g/mol. The van der Waals surface area contributed by atoms with Crippen LogP contribution < -0.4 is 10.2 Å². The Morgan fingerprint density at radius 2 is 1.94 bits per heavy atom. The van der Waals surface area contributed by atoms with Gasteiger partial charge in [-0.3, -0.25) is 0 Å². The van der Waals surface area contributed by atoms with Gasteiger partial charge in [-0.1, -0.05) is 12.1 Å². The maximum atomic E-state index is 5.54. The second-order valence-corrected chi connectivity index (χ2v) is 5.27. The number of ether oxygens (including phenoxy) is 1. The summed E-state index contributed by atoms with van der Waals surface area (Å²) in [6, 6.07) is 9.16. The van der Waals surface area contributed by atoms with Crippen LogP contribution in [0.3, 0.4) is 0 Å². The van der Waals surface area contributed by atoms with E-state index in [0.29, 0.717) is 6.04 Å². The first-order chi connectivity index (χ1) is 8.93. The van der Waals surface area contributed by atoms with E-state index in [-0.39, 0.29) is 0 Å². The van der Waals surface area contributed by atoms with Crippen molar-refractivity contribution in [3.63, 3.8) is 0 Å². The van der Waals surface area contributed by atoms with Crippen molar-refractivity contribution in [3.8, 4) is 0 Å². The first-order valence-corrected chi connectivity index (χ1v) is 7.12. The maximum Gasteiger partial charge on any atom is 0.0667 e. The summed E-state index contributed by atoms with van der Waals surface area (Å²) < 4.78 is 5.54. The molecule has 0 aliphatic carbocycles. The van der Waals surface area contributed by atoms with Crippen LogP contribution in [-0.2, 0) is 4.74 Å². The molecule has 3 heteroatoms. The van der Waals surface area contributed by atoms with Crippen molar-refractivity contribution in [3.05, 3.63) is 24.3 Å². The molecule has 3 nitrogen and oxygen atoms in total. The standard InChI is InChI=1S/C15H22N2O/c1-2-8-15(17-9-3-4-10-17)14(7-1)16-13-6-5-11-18-12-13/h1-2,7-8,13,16H,3-6,9-12H2. The molecule has 1 atom stereocenters. The summed E-state index contributed by atoms with van der Waals surface area (Å²) in [5.74, 6) is 0. The highest BCUT2D eigenvalue weighted by Gasteiger charge is 2.18.